The summed E-state index contributed by atoms with van der Waals surface area (Å²) in [6.07, 6.45) is 6.96. The summed E-state index contributed by atoms with van der Waals surface area (Å²) in [7, 11) is 0. The first-order chi connectivity index (χ1) is 8.66. The van der Waals surface area contributed by atoms with Gasteiger partial charge >= 0.3 is 0 Å². The lowest BCUT2D eigenvalue weighted by Gasteiger charge is -2.19. The SMILES string of the molecule is O=[N+]([O-])c1ccc(CC2CCCCCC2Cl)cc1. The minimum Gasteiger partial charge on any atom is -0.258 e. The number of nitro benzene ring substituents is 1. The molecule has 0 saturated heterocycles. The van der Waals surface area contributed by atoms with Crippen molar-refractivity contribution in [3.8, 4) is 0 Å². The van der Waals surface area contributed by atoms with Crippen molar-refractivity contribution in [3.63, 3.8) is 0 Å². The Bertz CT molecular complexity index is 405. The number of nitro groups is 1. The van der Waals surface area contributed by atoms with Crippen molar-refractivity contribution in [2.75, 3.05) is 0 Å². The van der Waals surface area contributed by atoms with Crippen LogP contribution in [-0.4, -0.2) is 10.3 Å². The Labute approximate surface area is 112 Å². The molecule has 0 radical (unpaired) electrons. The maximum Gasteiger partial charge on any atom is 0.269 e. The van der Waals surface area contributed by atoms with E-state index in [2.05, 4.69) is 0 Å². The lowest BCUT2D eigenvalue weighted by Crippen LogP contribution is -2.15. The van der Waals surface area contributed by atoms with Crippen molar-refractivity contribution < 1.29 is 4.92 Å². The third-order valence-corrected chi connectivity index (χ3v) is 4.29. The molecule has 0 aromatic heterocycles. The first-order valence-electron chi connectivity index (χ1n) is 6.54. The van der Waals surface area contributed by atoms with Crippen LogP contribution in [0.3, 0.4) is 0 Å². The fourth-order valence-electron chi connectivity index (χ4n) is 2.63. The standard InChI is InChI=1S/C14H18ClNO2/c15-14-5-3-1-2-4-12(14)10-11-6-8-13(9-7-11)16(17)18/h6-9,12,14H,1-5,10H2. The second-order valence-electron chi connectivity index (χ2n) is 5.04. The summed E-state index contributed by atoms with van der Waals surface area (Å²) in [6, 6.07) is 6.86. The molecular formula is C14H18ClNO2. The van der Waals surface area contributed by atoms with Gasteiger partial charge in [0.25, 0.3) is 5.69 Å². The Hall–Kier alpha value is -1.09. The van der Waals surface area contributed by atoms with Crippen molar-refractivity contribution in [1.82, 2.24) is 0 Å². The summed E-state index contributed by atoms with van der Waals surface area (Å²) in [5.41, 5.74) is 1.31. The molecule has 2 atom stereocenters. The molecule has 98 valence electrons. The number of nitrogens with zero attached hydrogens (tertiary/aromatic N) is 1. The molecule has 0 N–H and O–H groups in total. The van der Waals surface area contributed by atoms with Crippen molar-refractivity contribution in [2.45, 2.75) is 43.9 Å². The van der Waals surface area contributed by atoms with Crippen LogP contribution in [0.15, 0.2) is 24.3 Å². The highest BCUT2D eigenvalue weighted by atomic mass is 35.5. The Balaban J connectivity index is 2.01. The molecule has 1 aromatic rings. The molecule has 0 heterocycles. The van der Waals surface area contributed by atoms with Crippen LogP contribution in [0.5, 0.6) is 0 Å². The normalized spacial score (nSPS) is 24.5. The predicted octanol–water partition coefficient (Wildman–Crippen LogP) is 4.33. The van der Waals surface area contributed by atoms with Gasteiger partial charge in [-0.05, 0) is 30.7 Å². The van der Waals surface area contributed by atoms with E-state index >= 15 is 0 Å². The van der Waals surface area contributed by atoms with Crippen LogP contribution in [0.4, 0.5) is 5.69 Å². The van der Waals surface area contributed by atoms with Gasteiger partial charge in [-0.25, -0.2) is 0 Å². The minimum atomic E-state index is -0.361. The number of benzene rings is 1. The van der Waals surface area contributed by atoms with E-state index in [1.54, 1.807) is 12.1 Å². The van der Waals surface area contributed by atoms with Gasteiger partial charge in [-0.2, -0.15) is 0 Å². The minimum absolute atomic E-state index is 0.155. The lowest BCUT2D eigenvalue weighted by molar-refractivity contribution is -0.384. The molecule has 0 spiro atoms. The third-order valence-electron chi connectivity index (χ3n) is 3.71. The molecule has 0 bridgehead atoms. The lowest BCUT2D eigenvalue weighted by atomic mass is 9.92. The summed E-state index contributed by atoms with van der Waals surface area (Å²) in [6.45, 7) is 0. The van der Waals surface area contributed by atoms with E-state index in [0.29, 0.717) is 5.92 Å². The first kappa shape index (κ1) is 13.3. The smallest absolute Gasteiger partial charge is 0.258 e. The third kappa shape index (κ3) is 3.45. The van der Waals surface area contributed by atoms with Crippen molar-refractivity contribution in [2.24, 2.45) is 5.92 Å². The number of non-ortho nitro benzene ring substituents is 1. The highest BCUT2D eigenvalue weighted by Gasteiger charge is 2.22. The van der Waals surface area contributed by atoms with E-state index in [-0.39, 0.29) is 16.0 Å². The molecule has 4 heteroatoms. The van der Waals surface area contributed by atoms with Crippen LogP contribution < -0.4 is 0 Å². The van der Waals surface area contributed by atoms with Gasteiger partial charge in [-0.3, -0.25) is 10.1 Å². The maximum atomic E-state index is 10.6. The average molecular weight is 268 g/mol. The van der Waals surface area contributed by atoms with Gasteiger partial charge in [0.15, 0.2) is 0 Å². The first-order valence-corrected chi connectivity index (χ1v) is 6.98. The van der Waals surface area contributed by atoms with Crippen LogP contribution in [0.1, 0.15) is 37.7 Å². The fourth-order valence-corrected chi connectivity index (χ4v) is 3.00. The highest BCUT2D eigenvalue weighted by Crippen LogP contribution is 2.30. The Morgan fingerprint density at radius 3 is 2.50 bits per heavy atom. The maximum absolute atomic E-state index is 10.6. The molecule has 1 aliphatic rings. The van der Waals surface area contributed by atoms with E-state index < -0.39 is 0 Å². The van der Waals surface area contributed by atoms with Gasteiger partial charge in [0.05, 0.1) is 4.92 Å². The summed E-state index contributed by atoms with van der Waals surface area (Å²) in [5, 5.41) is 10.8. The molecule has 3 nitrogen and oxygen atoms in total. The van der Waals surface area contributed by atoms with Gasteiger partial charge in [-0.15, -0.1) is 11.6 Å². The summed E-state index contributed by atoms with van der Waals surface area (Å²) in [5.74, 6) is 0.510. The van der Waals surface area contributed by atoms with E-state index in [1.165, 1.54) is 25.7 Å². The Morgan fingerprint density at radius 2 is 1.83 bits per heavy atom. The van der Waals surface area contributed by atoms with E-state index in [0.717, 1.165) is 18.4 Å². The zero-order valence-electron chi connectivity index (χ0n) is 10.3. The van der Waals surface area contributed by atoms with Crippen LogP contribution >= 0.6 is 11.6 Å². The zero-order chi connectivity index (χ0) is 13.0. The largest absolute Gasteiger partial charge is 0.269 e. The molecule has 1 saturated carbocycles. The molecule has 18 heavy (non-hydrogen) atoms. The molecule has 0 aliphatic heterocycles. The van der Waals surface area contributed by atoms with Gasteiger partial charge < -0.3 is 0 Å². The average Bonchev–Trinajstić information content (AvgIpc) is 2.56. The molecule has 0 amide bonds. The van der Waals surface area contributed by atoms with Gasteiger partial charge in [-0.1, -0.05) is 31.4 Å². The number of hydrogen-bond acceptors (Lipinski definition) is 2. The fraction of sp³-hybridized carbons (Fsp3) is 0.571. The Kier molecular flexibility index (Phi) is 4.59. The zero-order valence-corrected chi connectivity index (χ0v) is 11.1. The summed E-state index contributed by atoms with van der Waals surface area (Å²) >= 11 is 6.41. The predicted molar refractivity (Wildman–Crippen MR) is 73.0 cm³/mol. The topological polar surface area (TPSA) is 43.1 Å². The molecule has 1 fully saturated rings. The quantitative estimate of drug-likeness (QED) is 0.354. The Morgan fingerprint density at radius 1 is 1.17 bits per heavy atom. The summed E-state index contributed by atoms with van der Waals surface area (Å²) < 4.78 is 0. The second-order valence-corrected chi connectivity index (χ2v) is 5.60. The van der Waals surface area contributed by atoms with Crippen LogP contribution in [0.2, 0.25) is 0 Å². The van der Waals surface area contributed by atoms with Gasteiger partial charge in [0, 0.05) is 17.5 Å². The number of hydrogen-bond donors (Lipinski definition) is 0. The molecule has 1 aromatic carbocycles. The van der Waals surface area contributed by atoms with E-state index in [1.807, 2.05) is 12.1 Å². The number of halogens is 1. The summed E-state index contributed by atoms with van der Waals surface area (Å²) in [4.78, 5) is 10.2. The van der Waals surface area contributed by atoms with E-state index in [9.17, 15) is 10.1 Å². The second kappa shape index (κ2) is 6.19. The molecule has 1 aliphatic carbocycles. The molecular weight excluding hydrogens is 250 g/mol. The van der Waals surface area contributed by atoms with E-state index in [4.69, 9.17) is 11.6 Å². The van der Waals surface area contributed by atoms with Crippen molar-refractivity contribution in [3.05, 3.63) is 39.9 Å². The number of alkyl halides is 1. The van der Waals surface area contributed by atoms with Crippen LogP contribution in [-0.2, 0) is 6.42 Å². The molecule has 2 unspecified atom stereocenters. The van der Waals surface area contributed by atoms with Gasteiger partial charge in [0.1, 0.15) is 0 Å². The van der Waals surface area contributed by atoms with Crippen LogP contribution in [0, 0.1) is 16.0 Å². The van der Waals surface area contributed by atoms with Gasteiger partial charge in [0.2, 0.25) is 0 Å². The number of rotatable bonds is 3. The highest BCUT2D eigenvalue weighted by molar-refractivity contribution is 6.20. The molecule has 2 rings (SSSR count). The monoisotopic (exact) mass is 267 g/mol. The van der Waals surface area contributed by atoms with Crippen LogP contribution in [0.25, 0.3) is 0 Å². The van der Waals surface area contributed by atoms with Crippen molar-refractivity contribution >= 4 is 17.3 Å². The van der Waals surface area contributed by atoms with Crippen molar-refractivity contribution in [1.29, 1.82) is 0 Å².